The van der Waals surface area contributed by atoms with Crippen molar-refractivity contribution in [2.75, 3.05) is 12.3 Å². The van der Waals surface area contributed by atoms with E-state index in [0.717, 1.165) is 25.1 Å². The number of aromatic nitrogens is 1. The maximum Gasteiger partial charge on any atom is 0.180 e. The molecule has 2 rings (SSSR count). The van der Waals surface area contributed by atoms with Crippen LogP contribution in [0.5, 0.6) is 0 Å². The molecule has 12 heavy (non-hydrogen) atoms. The fourth-order valence-corrected chi connectivity index (χ4v) is 2.26. The van der Waals surface area contributed by atoms with Gasteiger partial charge in [-0.2, -0.15) is 0 Å². The minimum absolute atomic E-state index is 0.207. The summed E-state index contributed by atoms with van der Waals surface area (Å²) >= 11 is 1.54. The number of anilines is 1. The summed E-state index contributed by atoms with van der Waals surface area (Å²) in [5, 5.41) is 0.651. The summed E-state index contributed by atoms with van der Waals surface area (Å²) in [6, 6.07) is 0. The molecule has 0 spiro atoms. The SMILES string of the molecule is Cc1sc(N)nc1C1CCCO1. The molecule has 1 fully saturated rings. The quantitative estimate of drug-likeness (QED) is 0.725. The number of nitrogens with two attached hydrogens (primary N) is 1. The first-order chi connectivity index (χ1) is 5.77. The number of hydrogen-bond acceptors (Lipinski definition) is 4. The van der Waals surface area contributed by atoms with E-state index in [1.807, 2.05) is 6.92 Å². The standard InChI is InChI=1S/C8H12N2OS/c1-5-7(10-8(9)12-5)6-3-2-4-11-6/h6H,2-4H2,1H3,(H2,9,10). The highest BCUT2D eigenvalue weighted by atomic mass is 32.1. The fourth-order valence-electron chi connectivity index (χ4n) is 1.52. The van der Waals surface area contributed by atoms with Gasteiger partial charge in [0.05, 0.1) is 5.69 Å². The average Bonchev–Trinajstić information content (AvgIpc) is 2.58. The zero-order chi connectivity index (χ0) is 8.55. The molecule has 66 valence electrons. The van der Waals surface area contributed by atoms with Gasteiger partial charge in [0.2, 0.25) is 0 Å². The number of rotatable bonds is 1. The van der Waals surface area contributed by atoms with Crippen LogP contribution in [0, 0.1) is 6.92 Å². The minimum atomic E-state index is 0.207. The lowest BCUT2D eigenvalue weighted by Crippen LogP contribution is -1.98. The molecule has 4 heteroatoms. The van der Waals surface area contributed by atoms with Gasteiger partial charge in [0.15, 0.2) is 5.13 Å². The van der Waals surface area contributed by atoms with E-state index in [9.17, 15) is 0 Å². The second kappa shape index (κ2) is 3.03. The van der Waals surface area contributed by atoms with E-state index in [0.29, 0.717) is 5.13 Å². The molecule has 1 aliphatic heterocycles. The smallest absolute Gasteiger partial charge is 0.180 e. The molecule has 1 unspecified atom stereocenters. The van der Waals surface area contributed by atoms with Crippen molar-refractivity contribution in [3.8, 4) is 0 Å². The molecule has 0 radical (unpaired) electrons. The Kier molecular flexibility index (Phi) is 2.02. The summed E-state index contributed by atoms with van der Waals surface area (Å²) in [4.78, 5) is 5.46. The highest BCUT2D eigenvalue weighted by molar-refractivity contribution is 7.15. The van der Waals surface area contributed by atoms with Gasteiger partial charge in [-0.3, -0.25) is 0 Å². The zero-order valence-electron chi connectivity index (χ0n) is 7.04. The van der Waals surface area contributed by atoms with E-state index < -0.39 is 0 Å². The summed E-state index contributed by atoms with van der Waals surface area (Å²) in [6.45, 7) is 2.91. The Hall–Kier alpha value is -0.610. The molecular formula is C8H12N2OS. The van der Waals surface area contributed by atoms with Crippen LogP contribution >= 0.6 is 11.3 Å². The molecule has 1 aromatic rings. The average molecular weight is 184 g/mol. The molecule has 0 bridgehead atoms. The predicted molar refractivity (Wildman–Crippen MR) is 49.2 cm³/mol. The van der Waals surface area contributed by atoms with Crippen molar-refractivity contribution in [2.45, 2.75) is 25.9 Å². The summed E-state index contributed by atoms with van der Waals surface area (Å²) in [5.41, 5.74) is 6.65. The first-order valence-electron chi connectivity index (χ1n) is 4.12. The zero-order valence-corrected chi connectivity index (χ0v) is 7.86. The van der Waals surface area contributed by atoms with Crippen molar-refractivity contribution < 1.29 is 4.74 Å². The van der Waals surface area contributed by atoms with Crippen molar-refractivity contribution in [3.05, 3.63) is 10.6 Å². The first-order valence-corrected chi connectivity index (χ1v) is 4.93. The maximum atomic E-state index is 5.60. The number of ether oxygens (including phenoxy) is 1. The summed E-state index contributed by atoms with van der Waals surface area (Å²) < 4.78 is 5.52. The lowest BCUT2D eigenvalue weighted by atomic mass is 10.2. The third-order valence-corrected chi connectivity index (χ3v) is 2.90. The molecule has 3 nitrogen and oxygen atoms in total. The number of aryl methyl sites for hydroxylation is 1. The first kappa shape index (κ1) is 8.01. The summed E-state index contributed by atoms with van der Waals surface area (Å²) in [6.07, 6.45) is 2.43. The van der Waals surface area contributed by atoms with Crippen LogP contribution in [-0.2, 0) is 4.74 Å². The largest absolute Gasteiger partial charge is 0.375 e. The molecule has 2 N–H and O–H groups in total. The summed E-state index contributed by atoms with van der Waals surface area (Å²) in [7, 11) is 0. The molecular weight excluding hydrogens is 172 g/mol. The highest BCUT2D eigenvalue weighted by Crippen LogP contribution is 2.33. The topological polar surface area (TPSA) is 48.1 Å². The van der Waals surface area contributed by atoms with Crippen molar-refractivity contribution >= 4 is 16.5 Å². The van der Waals surface area contributed by atoms with Gasteiger partial charge in [0.1, 0.15) is 6.10 Å². The Balaban J connectivity index is 2.25. The van der Waals surface area contributed by atoms with Crippen LogP contribution in [0.3, 0.4) is 0 Å². The van der Waals surface area contributed by atoms with E-state index >= 15 is 0 Å². The summed E-state index contributed by atoms with van der Waals surface area (Å²) in [5.74, 6) is 0. The normalized spacial score (nSPS) is 23.2. The third-order valence-electron chi connectivity index (χ3n) is 2.08. The van der Waals surface area contributed by atoms with E-state index in [2.05, 4.69) is 4.98 Å². The predicted octanol–water partition coefficient (Wildman–Crippen LogP) is 1.89. The van der Waals surface area contributed by atoms with Crippen LogP contribution in [0.25, 0.3) is 0 Å². The number of hydrogen-bond donors (Lipinski definition) is 1. The molecule has 1 saturated heterocycles. The van der Waals surface area contributed by atoms with Gasteiger partial charge in [-0.15, -0.1) is 11.3 Å². The lowest BCUT2D eigenvalue weighted by Gasteiger charge is -2.05. The van der Waals surface area contributed by atoms with Gasteiger partial charge in [-0.25, -0.2) is 4.98 Å². The van der Waals surface area contributed by atoms with Crippen LogP contribution < -0.4 is 5.73 Å². The monoisotopic (exact) mass is 184 g/mol. The Labute approximate surface area is 75.6 Å². The number of nitrogen functional groups attached to an aromatic ring is 1. The van der Waals surface area contributed by atoms with Crippen molar-refractivity contribution in [2.24, 2.45) is 0 Å². The molecule has 1 aromatic heterocycles. The second-order valence-corrected chi connectivity index (χ2v) is 4.23. The van der Waals surface area contributed by atoms with Gasteiger partial charge < -0.3 is 10.5 Å². The van der Waals surface area contributed by atoms with Gasteiger partial charge in [-0.1, -0.05) is 0 Å². The van der Waals surface area contributed by atoms with Gasteiger partial charge in [-0.05, 0) is 19.8 Å². The molecule has 0 aliphatic carbocycles. The Morgan fingerprint density at radius 3 is 3.00 bits per heavy atom. The highest BCUT2D eigenvalue weighted by Gasteiger charge is 2.22. The third kappa shape index (κ3) is 1.32. The molecule has 1 atom stereocenters. The van der Waals surface area contributed by atoms with E-state index in [1.54, 1.807) is 11.3 Å². The van der Waals surface area contributed by atoms with Crippen LogP contribution in [0.2, 0.25) is 0 Å². The lowest BCUT2D eigenvalue weighted by molar-refractivity contribution is 0.109. The van der Waals surface area contributed by atoms with E-state index in [4.69, 9.17) is 10.5 Å². The second-order valence-electron chi connectivity index (χ2n) is 3.00. The fraction of sp³-hybridized carbons (Fsp3) is 0.625. The molecule has 1 aliphatic rings. The number of nitrogens with zero attached hydrogens (tertiary/aromatic N) is 1. The Morgan fingerprint density at radius 1 is 1.67 bits per heavy atom. The van der Waals surface area contributed by atoms with Gasteiger partial charge in [0, 0.05) is 11.5 Å². The Morgan fingerprint density at radius 2 is 2.50 bits per heavy atom. The van der Waals surface area contributed by atoms with Crippen LogP contribution in [0.4, 0.5) is 5.13 Å². The van der Waals surface area contributed by atoms with Gasteiger partial charge in [0.25, 0.3) is 0 Å². The van der Waals surface area contributed by atoms with Crippen LogP contribution in [0.1, 0.15) is 29.5 Å². The Bertz CT molecular complexity index is 279. The molecule has 0 amide bonds. The minimum Gasteiger partial charge on any atom is -0.375 e. The van der Waals surface area contributed by atoms with Gasteiger partial charge >= 0.3 is 0 Å². The molecule has 0 aromatic carbocycles. The molecule has 2 heterocycles. The maximum absolute atomic E-state index is 5.60. The molecule has 0 saturated carbocycles. The van der Waals surface area contributed by atoms with Crippen molar-refractivity contribution in [3.63, 3.8) is 0 Å². The van der Waals surface area contributed by atoms with Crippen LogP contribution in [0.15, 0.2) is 0 Å². The van der Waals surface area contributed by atoms with Crippen molar-refractivity contribution in [1.82, 2.24) is 4.98 Å². The van der Waals surface area contributed by atoms with Crippen LogP contribution in [-0.4, -0.2) is 11.6 Å². The van der Waals surface area contributed by atoms with E-state index in [-0.39, 0.29) is 6.10 Å². The van der Waals surface area contributed by atoms with Crippen molar-refractivity contribution in [1.29, 1.82) is 0 Å². The van der Waals surface area contributed by atoms with E-state index in [1.165, 1.54) is 4.88 Å². The number of thiazole rings is 1.